The van der Waals surface area contributed by atoms with E-state index >= 15 is 0 Å². The molecule has 0 amide bonds. The van der Waals surface area contributed by atoms with E-state index in [4.69, 9.17) is 4.42 Å². The zero-order valence-electron chi connectivity index (χ0n) is 12.6. The molecular weight excluding hydrogens is 298 g/mol. The van der Waals surface area contributed by atoms with Gasteiger partial charge < -0.3 is 4.42 Å². The van der Waals surface area contributed by atoms with E-state index in [1.165, 1.54) is 5.39 Å². The van der Waals surface area contributed by atoms with Gasteiger partial charge in [0.2, 0.25) is 0 Å². The van der Waals surface area contributed by atoms with E-state index in [2.05, 4.69) is 38.6 Å². The monoisotopic (exact) mass is 309 g/mol. The second-order valence-electron chi connectivity index (χ2n) is 5.97. The zero-order chi connectivity index (χ0) is 15.7. The summed E-state index contributed by atoms with van der Waals surface area (Å²) in [7, 11) is 0. The lowest BCUT2D eigenvalue weighted by atomic mass is 10.0. The van der Waals surface area contributed by atoms with Crippen LogP contribution in [0.3, 0.4) is 0 Å². The van der Waals surface area contributed by atoms with Gasteiger partial charge in [0, 0.05) is 46.3 Å². The van der Waals surface area contributed by atoms with Crippen molar-refractivity contribution >= 4 is 49.3 Å². The van der Waals surface area contributed by atoms with Crippen LogP contribution in [0.1, 0.15) is 0 Å². The SMILES string of the molecule is c1ccc2c(c1)oc1ccc3c(c4ccncc4c4nccn34)c12. The van der Waals surface area contributed by atoms with Gasteiger partial charge >= 0.3 is 0 Å². The molecule has 112 valence electrons. The molecule has 0 unspecified atom stereocenters. The molecule has 0 bridgehead atoms. The molecule has 0 saturated carbocycles. The van der Waals surface area contributed by atoms with Crippen molar-refractivity contribution in [2.75, 3.05) is 0 Å². The van der Waals surface area contributed by atoms with E-state index in [1.54, 1.807) is 0 Å². The molecule has 0 N–H and O–H groups in total. The van der Waals surface area contributed by atoms with Crippen LogP contribution in [0.25, 0.3) is 49.3 Å². The Kier molecular flexibility index (Phi) is 2.07. The molecule has 0 atom stereocenters. The Hall–Kier alpha value is -3.40. The quantitative estimate of drug-likeness (QED) is 0.373. The highest BCUT2D eigenvalue weighted by molar-refractivity contribution is 6.27. The number of rotatable bonds is 0. The fourth-order valence-electron chi connectivity index (χ4n) is 3.77. The maximum absolute atomic E-state index is 6.06. The average molecular weight is 309 g/mol. The van der Waals surface area contributed by atoms with Crippen molar-refractivity contribution in [3.8, 4) is 0 Å². The molecule has 0 aliphatic heterocycles. The van der Waals surface area contributed by atoms with Crippen LogP contribution in [0, 0.1) is 0 Å². The Bertz CT molecular complexity index is 1410. The van der Waals surface area contributed by atoms with E-state index in [1.807, 2.05) is 43.0 Å². The van der Waals surface area contributed by atoms with Crippen LogP contribution in [0.15, 0.2) is 71.7 Å². The van der Waals surface area contributed by atoms with Crippen molar-refractivity contribution in [1.29, 1.82) is 0 Å². The highest BCUT2D eigenvalue weighted by Crippen LogP contribution is 2.38. The smallest absolute Gasteiger partial charge is 0.146 e. The molecular formula is C20H11N3O. The molecule has 6 aromatic rings. The van der Waals surface area contributed by atoms with Crippen LogP contribution in [0.4, 0.5) is 0 Å². The van der Waals surface area contributed by atoms with E-state index < -0.39 is 0 Å². The van der Waals surface area contributed by atoms with Gasteiger partial charge in [0.05, 0.1) is 5.52 Å². The lowest BCUT2D eigenvalue weighted by molar-refractivity contribution is 0.669. The van der Waals surface area contributed by atoms with Crippen LogP contribution < -0.4 is 0 Å². The Morgan fingerprint density at radius 1 is 0.792 bits per heavy atom. The second kappa shape index (κ2) is 4.11. The minimum Gasteiger partial charge on any atom is -0.456 e. The number of imidazole rings is 1. The van der Waals surface area contributed by atoms with Crippen LogP contribution >= 0.6 is 0 Å². The van der Waals surface area contributed by atoms with Crippen molar-refractivity contribution in [2.24, 2.45) is 0 Å². The predicted octanol–water partition coefficient (Wildman–Crippen LogP) is 4.94. The first-order chi connectivity index (χ1) is 11.9. The van der Waals surface area contributed by atoms with Crippen molar-refractivity contribution in [3.05, 3.63) is 67.3 Å². The maximum Gasteiger partial charge on any atom is 0.146 e. The highest BCUT2D eigenvalue weighted by Gasteiger charge is 2.16. The summed E-state index contributed by atoms with van der Waals surface area (Å²) >= 11 is 0. The molecule has 0 fully saturated rings. The molecule has 4 heterocycles. The number of aromatic nitrogens is 3. The summed E-state index contributed by atoms with van der Waals surface area (Å²) in [4.78, 5) is 8.83. The summed E-state index contributed by atoms with van der Waals surface area (Å²) in [6, 6.07) is 14.4. The summed E-state index contributed by atoms with van der Waals surface area (Å²) in [5, 5.41) is 5.66. The van der Waals surface area contributed by atoms with Crippen molar-refractivity contribution < 1.29 is 4.42 Å². The molecule has 24 heavy (non-hydrogen) atoms. The highest BCUT2D eigenvalue weighted by atomic mass is 16.3. The molecule has 0 aliphatic carbocycles. The Morgan fingerprint density at radius 3 is 2.75 bits per heavy atom. The summed E-state index contributed by atoms with van der Waals surface area (Å²) in [6.45, 7) is 0. The van der Waals surface area contributed by atoms with Gasteiger partial charge in [-0.1, -0.05) is 18.2 Å². The van der Waals surface area contributed by atoms with Crippen LogP contribution in [0.5, 0.6) is 0 Å². The van der Waals surface area contributed by atoms with Crippen LogP contribution in [-0.2, 0) is 0 Å². The largest absolute Gasteiger partial charge is 0.456 e. The summed E-state index contributed by atoms with van der Waals surface area (Å²) in [5.41, 5.74) is 3.87. The first kappa shape index (κ1) is 12.1. The normalized spacial score (nSPS) is 12.2. The summed E-state index contributed by atoms with van der Waals surface area (Å²) in [5.74, 6) is 0. The lowest BCUT2D eigenvalue weighted by Gasteiger charge is -2.08. The van der Waals surface area contributed by atoms with Crippen molar-refractivity contribution in [3.63, 3.8) is 0 Å². The standard InChI is InChI=1S/C20H11N3O/c1-2-4-16-13(3-1)19-17(24-16)6-5-15-18(19)12-7-8-21-11-14(12)20-22-9-10-23(15)20/h1-11H. The van der Waals surface area contributed by atoms with Crippen molar-refractivity contribution in [1.82, 2.24) is 14.4 Å². The second-order valence-corrected chi connectivity index (χ2v) is 5.97. The third kappa shape index (κ3) is 1.34. The van der Waals surface area contributed by atoms with Gasteiger partial charge in [-0.15, -0.1) is 0 Å². The number of hydrogen-bond acceptors (Lipinski definition) is 3. The van der Waals surface area contributed by atoms with E-state index in [-0.39, 0.29) is 0 Å². The molecule has 4 heteroatoms. The number of pyridine rings is 2. The molecule has 4 nitrogen and oxygen atoms in total. The van der Waals surface area contributed by atoms with E-state index in [9.17, 15) is 0 Å². The number of furan rings is 1. The van der Waals surface area contributed by atoms with Gasteiger partial charge in [0.1, 0.15) is 16.8 Å². The summed E-state index contributed by atoms with van der Waals surface area (Å²) < 4.78 is 8.19. The first-order valence-corrected chi connectivity index (χ1v) is 7.84. The van der Waals surface area contributed by atoms with Gasteiger partial charge in [-0.3, -0.25) is 9.38 Å². The Morgan fingerprint density at radius 2 is 1.75 bits per heavy atom. The average Bonchev–Trinajstić information content (AvgIpc) is 3.26. The molecule has 4 aromatic heterocycles. The summed E-state index contributed by atoms with van der Waals surface area (Å²) in [6.07, 6.45) is 7.55. The van der Waals surface area contributed by atoms with Crippen molar-refractivity contribution in [2.45, 2.75) is 0 Å². The van der Waals surface area contributed by atoms with Crippen LogP contribution in [-0.4, -0.2) is 14.4 Å². The van der Waals surface area contributed by atoms with E-state index in [0.29, 0.717) is 0 Å². The Balaban J connectivity index is 2.07. The van der Waals surface area contributed by atoms with Gasteiger partial charge in [-0.05, 0) is 29.7 Å². The third-order valence-corrected chi connectivity index (χ3v) is 4.75. The molecule has 0 radical (unpaired) electrons. The number of para-hydroxylation sites is 1. The third-order valence-electron chi connectivity index (χ3n) is 4.75. The topological polar surface area (TPSA) is 43.3 Å². The number of benzene rings is 2. The maximum atomic E-state index is 6.06. The molecule has 0 spiro atoms. The minimum absolute atomic E-state index is 0.904. The Labute approximate surface area is 136 Å². The number of hydrogen-bond donors (Lipinski definition) is 0. The van der Waals surface area contributed by atoms with E-state index in [0.717, 1.165) is 43.9 Å². The fourth-order valence-corrected chi connectivity index (χ4v) is 3.77. The van der Waals surface area contributed by atoms with Crippen LogP contribution in [0.2, 0.25) is 0 Å². The number of nitrogens with zero attached hydrogens (tertiary/aromatic N) is 3. The lowest BCUT2D eigenvalue weighted by Crippen LogP contribution is -1.91. The predicted molar refractivity (Wildman–Crippen MR) is 95.3 cm³/mol. The van der Waals surface area contributed by atoms with Gasteiger partial charge in [0.25, 0.3) is 0 Å². The molecule has 2 aromatic carbocycles. The number of fused-ring (bicyclic) bond motifs is 10. The molecule has 0 saturated heterocycles. The molecule has 6 rings (SSSR count). The van der Waals surface area contributed by atoms with Gasteiger partial charge in [0.15, 0.2) is 0 Å². The zero-order valence-corrected chi connectivity index (χ0v) is 12.6. The first-order valence-electron chi connectivity index (χ1n) is 7.84. The van der Waals surface area contributed by atoms with Gasteiger partial charge in [-0.25, -0.2) is 4.98 Å². The molecule has 0 aliphatic rings. The minimum atomic E-state index is 0.904. The van der Waals surface area contributed by atoms with Gasteiger partial charge in [-0.2, -0.15) is 0 Å². The fraction of sp³-hybridized carbons (Fsp3) is 0.